The van der Waals surface area contributed by atoms with E-state index in [1.165, 1.54) is 12.8 Å². The van der Waals surface area contributed by atoms with Gasteiger partial charge in [0.05, 0.1) is 0 Å². The molecule has 0 aromatic carbocycles. The molecule has 0 radical (unpaired) electrons. The number of carbonyl (C=O) groups excluding carboxylic acids is 1. The van der Waals surface area contributed by atoms with E-state index >= 15 is 0 Å². The van der Waals surface area contributed by atoms with Crippen LogP contribution in [0.25, 0.3) is 0 Å². The summed E-state index contributed by atoms with van der Waals surface area (Å²) in [4.78, 5) is 11.1. The van der Waals surface area contributed by atoms with Crippen LogP contribution in [-0.4, -0.2) is 17.5 Å². The van der Waals surface area contributed by atoms with Crippen molar-refractivity contribution in [2.75, 3.05) is 6.61 Å². The maximum atomic E-state index is 11.1. The molecule has 0 heterocycles. The van der Waals surface area contributed by atoms with Crippen molar-refractivity contribution in [3.63, 3.8) is 0 Å². The molecule has 0 saturated heterocycles. The number of Topliss-reactive ketones (excluding diaryl/α,β-unsaturated/α-hetero) is 1. The number of aliphatic hydroxyl groups excluding tert-OH is 1. The van der Waals surface area contributed by atoms with E-state index < -0.39 is 0 Å². The third-order valence-corrected chi connectivity index (χ3v) is 4.50. The summed E-state index contributed by atoms with van der Waals surface area (Å²) in [6, 6.07) is 0. The quantitative estimate of drug-likeness (QED) is 0.799. The van der Waals surface area contributed by atoms with E-state index in [0.717, 1.165) is 12.8 Å². The first kappa shape index (κ1) is 13.7. The average Bonchev–Trinajstić information content (AvgIpc) is 2.15. The van der Waals surface area contributed by atoms with Gasteiger partial charge in [0.25, 0.3) is 0 Å². The molecule has 0 aromatic heterocycles. The maximum absolute atomic E-state index is 11.1. The maximum Gasteiger partial charge on any atom is 0.129 e. The van der Waals surface area contributed by atoms with Gasteiger partial charge in [-0.25, -0.2) is 0 Å². The van der Waals surface area contributed by atoms with Crippen molar-refractivity contribution in [1.82, 2.24) is 0 Å². The van der Waals surface area contributed by atoms with Gasteiger partial charge in [0.15, 0.2) is 0 Å². The van der Waals surface area contributed by atoms with Gasteiger partial charge in [-0.2, -0.15) is 0 Å². The highest BCUT2D eigenvalue weighted by atomic mass is 16.3. The molecule has 94 valence electrons. The van der Waals surface area contributed by atoms with E-state index in [0.29, 0.717) is 12.3 Å². The van der Waals surface area contributed by atoms with Gasteiger partial charge in [0, 0.05) is 13.0 Å². The van der Waals surface area contributed by atoms with Crippen molar-refractivity contribution < 1.29 is 9.90 Å². The predicted octanol–water partition coefficient (Wildman–Crippen LogP) is 3.18. The summed E-state index contributed by atoms with van der Waals surface area (Å²) in [6.45, 7) is 8.65. The van der Waals surface area contributed by atoms with Crippen molar-refractivity contribution in [2.45, 2.75) is 59.8 Å². The molecule has 0 bridgehead atoms. The lowest BCUT2D eigenvalue weighted by Gasteiger charge is -2.50. The zero-order chi connectivity index (χ0) is 12.4. The van der Waals surface area contributed by atoms with Crippen LogP contribution in [0.15, 0.2) is 0 Å². The molecule has 0 aliphatic heterocycles. The predicted molar refractivity (Wildman–Crippen MR) is 66.2 cm³/mol. The second kappa shape index (κ2) is 4.87. The summed E-state index contributed by atoms with van der Waals surface area (Å²) >= 11 is 0. The highest BCUT2D eigenvalue weighted by Crippen LogP contribution is 2.52. The molecule has 0 unspecified atom stereocenters. The van der Waals surface area contributed by atoms with E-state index in [4.69, 9.17) is 0 Å². The van der Waals surface area contributed by atoms with Crippen LogP contribution >= 0.6 is 0 Å². The molecular weight excluding hydrogens is 200 g/mol. The topological polar surface area (TPSA) is 37.3 Å². The van der Waals surface area contributed by atoms with Crippen LogP contribution in [0, 0.1) is 16.7 Å². The van der Waals surface area contributed by atoms with Gasteiger partial charge >= 0.3 is 0 Å². The van der Waals surface area contributed by atoms with Crippen LogP contribution in [0.5, 0.6) is 0 Å². The molecule has 1 saturated carbocycles. The van der Waals surface area contributed by atoms with Gasteiger partial charge in [-0.3, -0.25) is 0 Å². The number of rotatable bonds is 4. The Kier molecular flexibility index (Phi) is 4.17. The Morgan fingerprint density at radius 2 is 1.94 bits per heavy atom. The Morgan fingerprint density at radius 1 is 1.31 bits per heavy atom. The molecule has 1 fully saturated rings. The van der Waals surface area contributed by atoms with Crippen molar-refractivity contribution in [3.05, 3.63) is 0 Å². The monoisotopic (exact) mass is 226 g/mol. The Labute approximate surface area is 99.4 Å². The molecule has 0 amide bonds. The number of hydrogen-bond acceptors (Lipinski definition) is 2. The number of aliphatic hydroxyl groups is 1. The number of carbonyl (C=O) groups is 1. The standard InChI is InChI=1S/C14H26O2/c1-11(16)6-7-12-13(2,3)8-5-9-14(12,4)10-15/h12,15H,5-10H2,1-4H3/t12-,14+/m0/s1. The van der Waals surface area contributed by atoms with E-state index in [9.17, 15) is 9.90 Å². The molecular formula is C14H26O2. The zero-order valence-corrected chi connectivity index (χ0v) is 11.2. The van der Waals surface area contributed by atoms with Crippen LogP contribution < -0.4 is 0 Å². The van der Waals surface area contributed by atoms with Gasteiger partial charge < -0.3 is 9.90 Å². The van der Waals surface area contributed by atoms with Crippen molar-refractivity contribution in [3.8, 4) is 0 Å². The molecule has 2 heteroatoms. The summed E-state index contributed by atoms with van der Waals surface area (Å²) in [5.74, 6) is 0.726. The summed E-state index contributed by atoms with van der Waals surface area (Å²) in [7, 11) is 0. The Morgan fingerprint density at radius 3 is 2.44 bits per heavy atom. The summed E-state index contributed by atoms with van der Waals surface area (Å²) < 4.78 is 0. The van der Waals surface area contributed by atoms with Crippen molar-refractivity contribution in [2.24, 2.45) is 16.7 Å². The molecule has 1 aliphatic carbocycles. The molecule has 2 nitrogen and oxygen atoms in total. The first-order valence-electron chi connectivity index (χ1n) is 6.42. The SMILES string of the molecule is CC(=O)CC[C@H]1C(C)(C)CCC[C@]1(C)CO. The second-order valence-corrected chi connectivity index (χ2v) is 6.45. The highest BCUT2D eigenvalue weighted by molar-refractivity contribution is 5.75. The molecule has 16 heavy (non-hydrogen) atoms. The van der Waals surface area contributed by atoms with Crippen LogP contribution in [0.1, 0.15) is 59.8 Å². The minimum atomic E-state index is 0.0111. The van der Waals surface area contributed by atoms with Gasteiger partial charge in [-0.15, -0.1) is 0 Å². The van der Waals surface area contributed by atoms with Gasteiger partial charge in [0.2, 0.25) is 0 Å². The van der Waals surface area contributed by atoms with E-state index in [-0.39, 0.29) is 23.2 Å². The minimum absolute atomic E-state index is 0.0111. The van der Waals surface area contributed by atoms with Crippen LogP contribution in [0.4, 0.5) is 0 Å². The third kappa shape index (κ3) is 2.85. The lowest BCUT2D eigenvalue weighted by Crippen LogP contribution is -2.44. The smallest absolute Gasteiger partial charge is 0.129 e. The van der Waals surface area contributed by atoms with E-state index in [1.807, 2.05) is 0 Å². The fraction of sp³-hybridized carbons (Fsp3) is 0.929. The van der Waals surface area contributed by atoms with Crippen molar-refractivity contribution >= 4 is 5.78 Å². The van der Waals surface area contributed by atoms with E-state index in [1.54, 1.807) is 6.92 Å². The normalized spacial score (nSPS) is 33.7. The number of ketones is 1. The zero-order valence-electron chi connectivity index (χ0n) is 11.2. The molecule has 2 atom stereocenters. The first-order chi connectivity index (χ1) is 7.32. The molecule has 0 aromatic rings. The van der Waals surface area contributed by atoms with Gasteiger partial charge in [0.1, 0.15) is 5.78 Å². The van der Waals surface area contributed by atoms with Crippen LogP contribution in [-0.2, 0) is 4.79 Å². The molecule has 1 rings (SSSR count). The molecule has 1 aliphatic rings. The van der Waals surface area contributed by atoms with Crippen LogP contribution in [0.3, 0.4) is 0 Å². The lowest BCUT2D eigenvalue weighted by molar-refractivity contribution is -0.118. The highest BCUT2D eigenvalue weighted by Gasteiger charge is 2.45. The number of hydrogen-bond donors (Lipinski definition) is 1. The Bertz CT molecular complexity index is 257. The van der Waals surface area contributed by atoms with Gasteiger partial charge in [-0.1, -0.05) is 27.2 Å². The van der Waals surface area contributed by atoms with Crippen LogP contribution in [0.2, 0.25) is 0 Å². The van der Waals surface area contributed by atoms with Crippen molar-refractivity contribution in [1.29, 1.82) is 0 Å². The average molecular weight is 226 g/mol. The summed E-state index contributed by atoms with van der Waals surface area (Å²) in [5, 5.41) is 9.63. The third-order valence-electron chi connectivity index (χ3n) is 4.50. The molecule has 0 spiro atoms. The molecule has 1 N–H and O–H groups in total. The fourth-order valence-corrected chi connectivity index (χ4v) is 3.52. The summed E-state index contributed by atoms with van der Waals surface area (Å²) in [5.41, 5.74) is 0.266. The Balaban J connectivity index is 2.80. The van der Waals surface area contributed by atoms with E-state index in [2.05, 4.69) is 20.8 Å². The Hall–Kier alpha value is -0.370. The lowest BCUT2D eigenvalue weighted by atomic mass is 9.55. The van der Waals surface area contributed by atoms with Gasteiger partial charge in [-0.05, 0) is 42.9 Å². The second-order valence-electron chi connectivity index (χ2n) is 6.45. The first-order valence-corrected chi connectivity index (χ1v) is 6.42. The fourth-order valence-electron chi connectivity index (χ4n) is 3.52. The minimum Gasteiger partial charge on any atom is -0.396 e. The largest absolute Gasteiger partial charge is 0.396 e. The summed E-state index contributed by atoms with van der Waals surface area (Å²) in [6.07, 6.45) is 5.09.